The third-order valence-corrected chi connectivity index (χ3v) is 2.40. The molecule has 0 heterocycles. The summed E-state index contributed by atoms with van der Waals surface area (Å²) >= 11 is 0. The quantitative estimate of drug-likeness (QED) is 0.715. The number of nitrogens with one attached hydrogen (secondary N) is 1. The molecule has 1 amide bonds. The first-order valence-corrected chi connectivity index (χ1v) is 5.91. The molecule has 0 saturated carbocycles. The maximum Gasteiger partial charge on any atom is 0.258 e. The van der Waals surface area contributed by atoms with E-state index in [4.69, 9.17) is 19.9 Å². The largest absolute Gasteiger partial charge is 0.497 e. The Hall–Kier alpha value is -1.95. The van der Waals surface area contributed by atoms with E-state index in [0.29, 0.717) is 23.8 Å². The summed E-state index contributed by atoms with van der Waals surface area (Å²) in [6.45, 7) is 2.19. The fourth-order valence-corrected chi connectivity index (χ4v) is 1.52. The lowest BCUT2D eigenvalue weighted by Crippen LogP contribution is -2.38. The number of amides is 1. The predicted molar refractivity (Wildman–Crippen MR) is 72.4 cm³/mol. The molecule has 1 aromatic carbocycles. The van der Waals surface area contributed by atoms with Crippen molar-refractivity contribution in [2.45, 2.75) is 13.0 Å². The van der Waals surface area contributed by atoms with E-state index in [9.17, 15) is 4.79 Å². The smallest absolute Gasteiger partial charge is 0.258 e. The van der Waals surface area contributed by atoms with Gasteiger partial charge in [0.1, 0.15) is 11.5 Å². The monoisotopic (exact) mass is 268 g/mol. The van der Waals surface area contributed by atoms with Gasteiger partial charge in [0.2, 0.25) is 0 Å². The number of nitrogens with two attached hydrogens (primary N) is 1. The molecule has 6 nitrogen and oxygen atoms in total. The Labute approximate surface area is 112 Å². The molecule has 0 aromatic heterocycles. The van der Waals surface area contributed by atoms with Crippen LogP contribution in [0.3, 0.4) is 0 Å². The molecule has 0 aliphatic carbocycles. The van der Waals surface area contributed by atoms with E-state index in [0.717, 1.165) is 0 Å². The second-order valence-corrected chi connectivity index (χ2v) is 4.12. The number of anilines is 1. The van der Waals surface area contributed by atoms with Crippen molar-refractivity contribution in [2.75, 3.05) is 33.2 Å². The first-order valence-electron chi connectivity index (χ1n) is 5.91. The number of benzene rings is 1. The van der Waals surface area contributed by atoms with E-state index in [1.54, 1.807) is 32.4 Å². The van der Waals surface area contributed by atoms with Gasteiger partial charge in [0, 0.05) is 19.2 Å². The molecule has 1 unspecified atom stereocenters. The molecule has 106 valence electrons. The van der Waals surface area contributed by atoms with Crippen molar-refractivity contribution in [2.24, 2.45) is 0 Å². The van der Waals surface area contributed by atoms with Crippen molar-refractivity contribution in [3.05, 3.63) is 18.2 Å². The fourth-order valence-electron chi connectivity index (χ4n) is 1.52. The Balaban J connectivity index is 2.50. The Morgan fingerprint density at radius 1 is 1.42 bits per heavy atom. The van der Waals surface area contributed by atoms with E-state index in [2.05, 4.69) is 5.32 Å². The summed E-state index contributed by atoms with van der Waals surface area (Å²) in [6.07, 6.45) is 0. The fraction of sp³-hybridized carbons (Fsp3) is 0.462. The van der Waals surface area contributed by atoms with Crippen molar-refractivity contribution >= 4 is 11.6 Å². The molecule has 1 aromatic rings. The highest BCUT2D eigenvalue weighted by Gasteiger charge is 2.09. The molecule has 19 heavy (non-hydrogen) atoms. The first kappa shape index (κ1) is 15.1. The van der Waals surface area contributed by atoms with Crippen LogP contribution in [0.5, 0.6) is 11.5 Å². The predicted octanol–water partition coefficient (Wildman–Crippen LogP) is 0.807. The Morgan fingerprint density at radius 2 is 2.16 bits per heavy atom. The zero-order chi connectivity index (χ0) is 14.3. The van der Waals surface area contributed by atoms with Crippen LogP contribution in [0.25, 0.3) is 0 Å². The summed E-state index contributed by atoms with van der Waals surface area (Å²) in [5.74, 6) is 0.818. The van der Waals surface area contributed by atoms with E-state index < -0.39 is 0 Å². The van der Waals surface area contributed by atoms with Crippen molar-refractivity contribution in [3.8, 4) is 11.5 Å². The molecule has 1 rings (SSSR count). The Bertz CT molecular complexity index is 423. The van der Waals surface area contributed by atoms with Crippen LogP contribution < -0.4 is 20.5 Å². The lowest BCUT2D eigenvalue weighted by molar-refractivity contribution is -0.124. The number of nitrogen functional groups attached to an aromatic ring is 1. The van der Waals surface area contributed by atoms with Gasteiger partial charge in [-0.25, -0.2) is 0 Å². The van der Waals surface area contributed by atoms with Crippen LogP contribution in [0.2, 0.25) is 0 Å². The number of ether oxygens (including phenoxy) is 3. The zero-order valence-electron chi connectivity index (χ0n) is 11.4. The van der Waals surface area contributed by atoms with E-state index in [1.807, 2.05) is 6.92 Å². The van der Waals surface area contributed by atoms with E-state index >= 15 is 0 Å². The molecule has 0 aliphatic heterocycles. The van der Waals surface area contributed by atoms with Gasteiger partial charge in [-0.2, -0.15) is 0 Å². The summed E-state index contributed by atoms with van der Waals surface area (Å²) in [5, 5.41) is 2.74. The zero-order valence-corrected chi connectivity index (χ0v) is 11.4. The summed E-state index contributed by atoms with van der Waals surface area (Å²) in [5.41, 5.74) is 6.20. The highest BCUT2D eigenvalue weighted by atomic mass is 16.5. The van der Waals surface area contributed by atoms with Gasteiger partial charge in [-0.1, -0.05) is 0 Å². The minimum atomic E-state index is -0.230. The van der Waals surface area contributed by atoms with Gasteiger partial charge in [-0.05, 0) is 19.1 Å². The minimum Gasteiger partial charge on any atom is -0.497 e. The van der Waals surface area contributed by atoms with Gasteiger partial charge in [0.25, 0.3) is 5.91 Å². The molecule has 0 bridgehead atoms. The topological polar surface area (TPSA) is 82.8 Å². The SMILES string of the molecule is COCC(C)NC(=O)COc1cc(OC)ccc1N. The van der Waals surface area contributed by atoms with Gasteiger partial charge < -0.3 is 25.3 Å². The third kappa shape index (κ3) is 5.05. The Morgan fingerprint density at radius 3 is 2.79 bits per heavy atom. The maximum absolute atomic E-state index is 11.6. The van der Waals surface area contributed by atoms with Crippen LogP contribution in [0.4, 0.5) is 5.69 Å². The molecular weight excluding hydrogens is 248 g/mol. The van der Waals surface area contributed by atoms with Gasteiger partial charge >= 0.3 is 0 Å². The van der Waals surface area contributed by atoms with Crippen LogP contribution in [0.15, 0.2) is 18.2 Å². The standard InChI is InChI=1S/C13H20N2O4/c1-9(7-17-2)15-13(16)8-19-12-6-10(18-3)4-5-11(12)14/h4-6,9H,7-8,14H2,1-3H3,(H,15,16). The number of hydrogen-bond acceptors (Lipinski definition) is 5. The van der Waals surface area contributed by atoms with Crippen LogP contribution >= 0.6 is 0 Å². The van der Waals surface area contributed by atoms with Crippen molar-refractivity contribution in [1.29, 1.82) is 0 Å². The molecule has 0 saturated heterocycles. The molecule has 6 heteroatoms. The van der Waals surface area contributed by atoms with E-state index in [1.165, 1.54) is 0 Å². The number of methoxy groups -OCH3 is 2. The number of rotatable bonds is 7. The second-order valence-electron chi connectivity index (χ2n) is 4.12. The molecule has 0 fully saturated rings. The molecule has 3 N–H and O–H groups in total. The molecule has 0 radical (unpaired) electrons. The average Bonchev–Trinajstić information content (AvgIpc) is 2.38. The maximum atomic E-state index is 11.6. The van der Waals surface area contributed by atoms with Gasteiger partial charge in [0.15, 0.2) is 6.61 Å². The second kappa shape index (κ2) is 7.48. The molecule has 0 spiro atoms. The summed E-state index contributed by atoms with van der Waals surface area (Å²) in [4.78, 5) is 11.6. The number of carbonyl (C=O) groups is 1. The normalized spacial score (nSPS) is 11.7. The summed E-state index contributed by atoms with van der Waals surface area (Å²) in [7, 11) is 3.13. The highest BCUT2D eigenvalue weighted by Crippen LogP contribution is 2.26. The number of hydrogen-bond donors (Lipinski definition) is 2. The van der Waals surface area contributed by atoms with Gasteiger partial charge in [-0.15, -0.1) is 0 Å². The van der Waals surface area contributed by atoms with Gasteiger partial charge in [-0.3, -0.25) is 4.79 Å². The van der Waals surface area contributed by atoms with Crippen LogP contribution in [-0.2, 0) is 9.53 Å². The Kier molecular flexibility index (Phi) is 5.95. The first-order chi connectivity index (χ1) is 9.06. The summed E-state index contributed by atoms with van der Waals surface area (Å²) < 4.78 is 15.3. The minimum absolute atomic E-state index is 0.0660. The van der Waals surface area contributed by atoms with Crippen LogP contribution in [0.1, 0.15) is 6.92 Å². The van der Waals surface area contributed by atoms with Gasteiger partial charge in [0.05, 0.1) is 19.4 Å². The number of carbonyl (C=O) groups excluding carboxylic acids is 1. The average molecular weight is 268 g/mol. The summed E-state index contributed by atoms with van der Waals surface area (Å²) in [6, 6.07) is 4.97. The van der Waals surface area contributed by atoms with Crippen molar-refractivity contribution < 1.29 is 19.0 Å². The lowest BCUT2D eigenvalue weighted by atomic mass is 10.3. The van der Waals surface area contributed by atoms with E-state index in [-0.39, 0.29) is 18.6 Å². The van der Waals surface area contributed by atoms with Crippen LogP contribution in [0, 0.1) is 0 Å². The molecule has 1 atom stereocenters. The molecular formula is C13H20N2O4. The third-order valence-electron chi connectivity index (χ3n) is 2.40. The molecule has 0 aliphatic rings. The van der Waals surface area contributed by atoms with Crippen molar-refractivity contribution in [1.82, 2.24) is 5.32 Å². The van der Waals surface area contributed by atoms with Crippen molar-refractivity contribution in [3.63, 3.8) is 0 Å². The highest BCUT2D eigenvalue weighted by molar-refractivity contribution is 5.78. The van der Waals surface area contributed by atoms with Crippen LogP contribution in [-0.4, -0.2) is 39.4 Å². The lowest BCUT2D eigenvalue weighted by Gasteiger charge is -2.14.